The second kappa shape index (κ2) is 4.36. The number of likely N-dealkylation sites (tertiary alicyclic amines) is 2. The molecular weight excluding hydrogens is 254 g/mol. The van der Waals surface area contributed by atoms with Crippen LogP contribution in [0.4, 0.5) is 0 Å². The third-order valence-electron chi connectivity index (χ3n) is 4.86. The largest absolute Gasteiger partial charge is 0.357 e. The molecule has 106 valence electrons. The Morgan fingerprint density at radius 2 is 2.15 bits per heavy atom. The number of fused-ring (bicyclic) bond motifs is 1. The highest BCUT2D eigenvalue weighted by Gasteiger charge is 2.49. The van der Waals surface area contributed by atoms with Gasteiger partial charge in [-0.2, -0.15) is 0 Å². The van der Waals surface area contributed by atoms with Gasteiger partial charge in [-0.1, -0.05) is 0 Å². The average Bonchev–Trinajstić information content (AvgIpc) is 2.87. The summed E-state index contributed by atoms with van der Waals surface area (Å²) in [5.74, 6) is 0.977. The average molecular weight is 273 g/mol. The third-order valence-corrected chi connectivity index (χ3v) is 4.86. The van der Waals surface area contributed by atoms with Gasteiger partial charge in [-0.3, -0.25) is 9.59 Å². The van der Waals surface area contributed by atoms with E-state index in [1.165, 1.54) is 12.8 Å². The quantitative estimate of drug-likeness (QED) is 0.901. The zero-order chi connectivity index (χ0) is 13.7. The van der Waals surface area contributed by atoms with Crippen molar-refractivity contribution in [2.24, 2.45) is 5.92 Å². The highest BCUT2D eigenvalue weighted by Crippen LogP contribution is 2.37. The molecule has 1 aromatic heterocycles. The molecule has 1 saturated carbocycles. The molecule has 1 aliphatic carbocycles. The van der Waals surface area contributed by atoms with E-state index in [0.717, 1.165) is 19.5 Å². The van der Waals surface area contributed by atoms with E-state index >= 15 is 0 Å². The fourth-order valence-corrected chi connectivity index (χ4v) is 3.61. The molecule has 2 atom stereocenters. The van der Waals surface area contributed by atoms with Gasteiger partial charge in [0, 0.05) is 25.7 Å². The SMILES string of the molecule is O=C(c1ccc[nH]1)N1CC[C@H]2[C@H]1CC(=O)N2CC1CC1. The fraction of sp³-hybridized carbons (Fsp3) is 0.600. The first-order valence-electron chi connectivity index (χ1n) is 7.48. The van der Waals surface area contributed by atoms with Gasteiger partial charge in [-0.05, 0) is 37.3 Å². The number of amides is 2. The first kappa shape index (κ1) is 12.0. The first-order valence-corrected chi connectivity index (χ1v) is 7.48. The summed E-state index contributed by atoms with van der Waals surface area (Å²) in [6.07, 6.45) is 5.71. The van der Waals surface area contributed by atoms with E-state index < -0.39 is 0 Å². The number of aromatic nitrogens is 1. The second-order valence-corrected chi connectivity index (χ2v) is 6.20. The summed E-state index contributed by atoms with van der Waals surface area (Å²) < 4.78 is 0. The van der Waals surface area contributed by atoms with Gasteiger partial charge < -0.3 is 14.8 Å². The van der Waals surface area contributed by atoms with Gasteiger partial charge in [-0.25, -0.2) is 0 Å². The van der Waals surface area contributed by atoms with Crippen molar-refractivity contribution in [2.75, 3.05) is 13.1 Å². The molecule has 3 fully saturated rings. The number of nitrogens with zero attached hydrogens (tertiary/aromatic N) is 2. The molecule has 0 aromatic carbocycles. The van der Waals surface area contributed by atoms with Gasteiger partial charge in [0.2, 0.25) is 5.91 Å². The predicted molar refractivity (Wildman–Crippen MR) is 73.1 cm³/mol. The Balaban J connectivity index is 1.52. The number of H-pyrrole nitrogens is 1. The molecule has 0 spiro atoms. The Hall–Kier alpha value is -1.78. The maximum Gasteiger partial charge on any atom is 0.270 e. The number of carbonyl (C=O) groups excluding carboxylic acids is 2. The van der Waals surface area contributed by atoms with Crippen LogP contribution in [0, 0.1) is 5.92 Å². The van der Waals surface area contributed by atoms with E-state index in [2.05, 4.69) is 4.98 Å². The van der Waals surface area contributed by atoms with Crippen LogP contribution >= 0.6 is 0 Å². The maximum absolute atomic E-state index is 12.5. The molecule has 5 nitrogen and oxygen atoms in total. The number of carbonyl (C=O) groups is 2. The summed E-state index contributed by atoms with van der Waals surface area (Å²) >= 11 is 0. The van der Waals surface area contributed by atoms with Crippen LogP contribution in [0.25, 0.3) is 0 Å². The molecule has 2 saturated heterocycles. The Bertz CT molecular complexity index is 535. The van der Waals surface area contributed by atoms with Crippen LogP contribution in [0.15, 0.2) is 18.3 Å². The highest BCUT2D eigenvalue weighted by molar-refractivity contribution is 5.94. The molecule has 1 N–H and O–H groups in total. The van der Waals surface area contributed by atoms with Gasteiger partial charge in [-0.15, -0.1) is 0 Å². The van der Waals surface area contributed by atoms with E-state index in [0.29, 0.717) is 18.0 Å². The van der Waals surface area contributed by atoms with E-state index in [1.54, 1.807) is 12.3 Å². The minimum absolute atomic E-state index is 0.0311. The van der Waals surface area contributed by atoms with Gasteiger partial charge >= 0.3 is 0 Å². The predicted octanol–water partition coefficient (Wildman–Crippen LogP) is 1.24. The van der Waals surface area contributed by atoms with Crippen molar-refractivity contribution < 1.29 is 9.59 Å². The van der Waals surface area contributed by atoms with Gasteiger partial charge in [0.15, 0.2) is 0 Å². The maximum atomic E-state index is 12.5. The Morgan fingerprint density at radius 1 is 1.30 bits per heavy atom. The zero-order valence-electron chi connectivity index (χ0n) is 11.4. The molecule has 0 radical (unpaired) electrons. The van der Waals surface area contributed by atoms with Crippen molar-refractivity contribution >= 4 is 11.8 Å². The van der Waals surface area contributed by atoms with E-state index in [4.69, 9.17) is 0 Å². The summed E-state index contributed by atoms with van der Waals surface area (Å²) in [4.78, 5) is 31.6. The Labute approximate surface area is 117 Å². The van der Waals surface area contributed by atoms with Crippen molar-refractivity contribution in [2.45, 2.75) is 37.8 Å². The highest BCUT2D eigenvalue weighted by atomic mass is 16.2. The molecule has 0 unspecified atom stereocenters. The molecule has 3 aliphatic rings. The smallest absolute Gasteiger partial charge is 0.270 e. The standard InChI is InChI=1S/C15H19N3O2/c19-14-8-13-12(18(14)9-10-3-4-10)5-7-17(13)15(20)11-2-1-6-16-11/h1-2,6,10,12-13,16H,3-5,7-9H2/t12-,13+/m0/s1. The number of hydrogen-bond acceptors (Lipinski definition) is 2. The monoisotopic (exact) mass is 273 g/mol. The van der Waals surface area contributed by atoms with Crippen molar-refractivity contribution in [3.8, 4) is 0 Å². The van der Waals surface area contributed by atoms with Crippen LogP contribution in [0.2, 0.25) is 0 Å². The van der Waals surface area contributed by atoms with Crippen LogP contribution in [0.1, 0.15) is 36.2 Å². The second-order valence-electron chi connectivity index (χ2n) is 6.20. The Morgan fingerprint density at radius 3 is 2.85 bits per heavy atom. The third kappa shape index (κ3) is 1.84. The van der Waals surface area contributed by atoms with Crippen LogP contribution in [0.5, 0.6) is 0 Å². The fourth-order valence-electron chi connectivity index (χ4n) is 3.61. The number of nitrogens with one attached hydrogen (secondary N) is 1. The summed E-state index contributed by atoms with van der Waals surface area (Å²) in [6, 6.07) is 3.97. The Kier molecular flexibility index (Phi) is 2.62. The molecule has 3 heterocycles. The van der Waals surface area contributed by atoms with E-state index in [-0.39, 0.29) is 23.9 Å². The van der Waals surface area contributed by atoms with Gasteiger partial charge in [0.25, 0.3) is 5.91 Å². The van der Waals surface area contributed by atoms with Crippen molar-refractivity contribution in [3.05, 3.63) is 24.0 Å². The topological polar surface area (TPSA) is 56.4 Å². The van der Waals surface area contributed by atoms with Crippen LogP contribution in [-0.2, 0) is 4.79 Å². The lowest BCUT2D eigenvalue weighted by atomic mass is 10.1. The number of aromatic amines is 1. The lowest BCUT2D eigenvalue weighted by molar-refractivity contribution is -0.129. The molecule has 20 heavy (non-hydrogen) atoms. The van der Waals surface area contributed by atoms with E-state index in [1.807, 2.05) is 15.9 Å². The van der Waals surface area contributed by atoms with Crippen molar-refractivity contribution in [1.29, 1.82) is 0 Å². The van der Waals surface area contributed by atoms with Gasteiger partial charge in [0.1, 0.15) is 5.69 Å². The van der Waals surface area contributed by atoms with Gasteiger partial charge in [0.05, 0.1) is 12.1 Å². The van der Waals surface area contributed by atoms with Crippen LogP contribution in [0.3, 0.4) is 0 Å². The minimum Gasteiger partial charge on any atom is -0.357 e. The van der Waals surface area contributed by atoms with Crippen LogP contribution < -0.4 is 0 Å². The summed E-state index contributed by atoms with van der Waals surface area (Å²) in [5, 5.41) is 0. The lowest BCUT2D eigenvalue weighted by Gasteiger charge is -2.25. The molecule has 0 bridgehead atoms. The van der Waals surface area contributed by atoms with Crippen molar-refractivity contribution in [1.82, 2.24) is 14.8 Å². The normalized spacial score (nSPS) is 29.1. The van der Waals surface area contributed by atoms with Crippen molar-refractivity contribution in [3.63, 3.8) is 0 Å². The molecule has 2 amide bonds. The molecule has 4 rings (SSSR count). The molecular formula is C15H19N3O2. The molecule has 5 heteroatoms. The molecule has 1 aromatic rings. The number of hydrogen-bond donors (Lipinski definition) is 1. The van der Waals surface area contributed by atoms with E-state index in [9.17, 15) is 9.59 Å². The first-order chi connectivity index (χ1) is 9.74. The summed E-state index contributed by atoms with van der Waals surface area (Å²) in [6.45, 7) is 1.67. The zero-order valence-corrected chi connectivity index (χ0v) is 11.4. The lowest BCUT2D eigenvalue weighted by Crippen LogP contribution is -2.40. The number of rotatable bonds is 3. The van der Waals surface area contributed by atoms with Crippen LogP contribution in [-0.4, -0.2) is 51.8 Å². The minimum atomic E-state index is 0.0311. The summed E-state index contributed by atoms with van der Waals surface area (Å²) in [7, 11) is 0. The summed E-state index contributed by atoms with van der Waals surface area (Å²) in [5.41, 5.74) is 0.624. The molecule has 2 aliphatic heterocycles.